The van der Waals surface area contributed by atoms with Gasteiger partial charge >= 0.3 is 5.97 Å². The Morgan fingerprint density at radius 3 is 2.69 bits per heavy atom. The molecule has 1 amide bonds. The molecule has 0 radical (unpaired) electrons. The molecule has 0 fully saturated rings. The summed E-state index contributed by atoms with van der Waals surface area (Å²) in [5.74, 6) is 0.328. The van der Waals surface area contributed by atoms with Crippen molar-refractivity contribution in [2.45, 2.75) is 12.6 Å². The number of aromatic amines is 1. The summed E-state index contributed by atoms with van der Waals surface area (Å²) in [4.78, 5) is 29.0. The van der Waals surface area contributed by atoms with Crippen LogP contribution in [0.4, 0.5) is 0 Å². The van der Waals surface area contributed by atoms with E-state index in [-0.39, 0.29) is 13.3 Å². The Kier molecular flexibility index (Phi) is 5.21. The maximum absolute atomic E-state index is 13.0. The maximum Gasteiger partial charge on any atom is 0.339 e. The molecule has 2 N–H and O–H groups in total. The molecule has 5 rings (SSSR count). The number of amides is 1. The highest BCUT2D eigenvalue weighted by atomic mass is 16.7. The van der Waals surface area contributed by atoms with E-state index in [1.54, 1.807) is 48.7 Å². The normalized spacial score (nSPS) is 13.0. The molecule has 0 bridgehead atoms. The highest BCUT2D eigenvalue weighted by Gasteiger charge is 2.26. The Morgan fingerprint density at radius 2 is 1.81 bits per heavy atom. The second-order valence-corrected chi connectivity index (χ2v) is 7.38. The smallest absolute Gasteiger partial charge is 0.339 e. The number of H-pyrrole nitrogens is 1. The Labute approximate surface area is 183 Å². The van der Waals surface area contributed by atoms with Gasteiger partial charge in [-0.3, -0.25) is 4.79 Å². The molecule has 32 heavy (non-hydrogen) atoms. The van der Waals surface area contributed by atoms with Crippen molar-refractivity contribution >= 4 is 22.8 Å². The number of aromatic nitrogens is 1. The highest BCUT2D eigenvalue weighted by molar-refractivity contribution is 5.96. The van der Waals surface area contributed by atoms with E-state index in [9.17, 15) is 9.59 Å². The van der Waals surface area contributed by atoms with Gasteiger partial charge in [-0.1, -0.05) is 42.5 Å². The van der Waals surface area contributed by atoms with Crippen LogP contribution in [0.25, 0.3) is 10.9 Å². The number of hydrogen-bond donors (Lipinski definition) is 2. The molecule has 7 heteroatoms. The van der Waals surface area contributed by atoms with Crippen LogP contribution in [0.3, 0.4) is 0 Å². The van der Waals surface area contributed by atoms with E-state index in [2.05, 4.69) is 10.3 Å². The molecular weight excluding hydrogens is 408 g/mol. The third-order valence-corrected chi connectivity index (χ3v) is 5.26. The Balaban J connectivity index is 1.33. The zero-order valence-electron chi connectivity index (χ0n) is 17.0. The minimum atomic E-state index is -1.09. The molecule has 1 aromatic heterocycles. The van der Waals surface area contributed by atoms with Gasteiger partial charge in [-0.15, -0.1) is 0 Å². The van der Waals surface area contributed by atoms with Crippen LogP contribution in [0.5, 0.6) is 11.5 Å². The number of nitrogens with one attached hydrogen (secondary N) is 2. The third-order valence-electron chi connectivity index (χ3n) is 5.26. The van der Waals surface area contributed by atoms with E-state index < -0.39 is 18.0 Å². The number of ether oxygens (including phenoxy) is 3. The molecule has 1 aliphatic rings. The second-order valence-electron chi connectivity index (χ2n) is 7.38. The number of hydrogen-bond acceptors (Lipinski definition) is 5. The van der Waals surface area contributed by atoms with Crippen molar-refractivity contribution in [2.24, 2.45) is 0 Å². The Hall–Kier alpha value is -4.26. The number of esters is 1. The molecule has 3 aromatic carbocycles. The molecule has 160 valence electrons. The molecular formula is C25H20N2O5. The van der Waals surface area contributed by atoms with Crippen LogP contribution in [0.2, 0.25) is 0 Å². The summed E-state index contributed by atoms with van der Waals surface area (Å²) in [7, 11) is 0. The summed E-state index contributed by atoms with van der Waals surface area (Å²) in [6.45, 7) is 0.441. The average Bonchev–Trinajstić information content (AvgIpc) is 3.49. The molecule has 1 unspecified atom stereocenters. The van der Waals surface area contributed by atoms with Crippen molar-refractivity contribution in [1.29, 1.82) is 0 Å². The van der Waals surface area contributed by atoms with Gasteiger partial charge in [0.05, 0.1) is 5.56 Å². The zero-order chi connectivity index (χ0) is 21.9. The molecule has 0 aliphatic carbocycles. The zero-order valence-corrected chi connectivity index (χ0v) is 17.0. The van der Waals surface area contributed by atoms with E-state index in [1.165, 1.54) is 0 Å². The first-order valence-corrected chi connectivity index (χ1v) is 10.2. The van der Waals surface area contributed by atoms with Gasteiger partial charge in [0.25, 0.3) is 5.91 Å². The van der Waals surface area contributed by atoms with Crippen molar-refractivity contribution in [3.05, 3.63) is 95.7 Å². The van der Waals surface area contributed by atoms with Crippen LogP contribution >= 0.6 is 0 Å². The molecule has 0 spiro atoms. The fourth-order valence-electron chi connectivity index (χ4n) is 3.58. The summed E-state index contributed by atoms with van der Waals surface area (Å²) in [5.41, 5.74) is 2.62. The van der Waals surface area contributed by atoms with Crippen LogP contribution in [-0.2, 0) is 16.1 Å². The van der Waals surface area contributed by atoms with E-state index in [0.29, 0.717) is 22.6 Å². The van der Waals surface area contributed by atoms with Crippen molar-refractivity contribution in [3.8, 4) is 11.5 Å². The SMILES string of the molecule is O=C(OC(C(=O)NCc1ccc2c(c1)OCO2)c1ccccc1)c1ccc2cc[nH]c2c1. The lowest BCUT2D eigenvalue weighted by molar-refractivity contribution is -0.130. The van der Waals surface area contributed by atoms with Gasteiger partial charge in [0, 0.05) is 23.8 Å². The van der Waals surface area contributed by atoms with E-state index >= 15 is 0 Å². The predicted molar refractivity (Wildman–Crippen MR) is 117 cm³/mol. The van der Waals surface area contributed by atoms with E-state index in [1.807, 2.05) is 30.3 Å². The number of carbonyl (C=O) groups excluding carboxylic acids is 2. The summed E-state index contributed by atoms with van der Waals surface area (Å²) in [6, 6.07) is 21.6. The lowest BCUT2D eigenvalue weighted by atomic mass is 10.1. The molecule has 1 aliphatic heterocycles. The molecule has 4 aromatic rings. The average molecular weight is 428 g/mol. The van der Waals surface area contributed by atoms with Gasteiger partial charge in [-0.2, -0.15) is 0 Å². The van der Waals surface area contributed by atoms with E-state index in [0.717, 1.165) is 16.5 Å². The first-order chi connectivity index (χ1) is 15.7. The fraction of sp³-hybridized carbons (Fsp3) is 0.120. The van der Waals surface area contributed by atoms with Crippen LogP contribution in [-0.4, -0.2) is 23.7 Å². The highest BCUT2D eigenvalue weighted by Crippen LogP contribution is 2.32. The van der Waals surface area contributed by atoms with Crippen LogP contribution in [0, 0.1) is 0 Å². The summed E-state index contributed by atoms with van der Waals surface area (Å²) in [5, 5.41) is 3.84. The van der Waals surface area contributed by atoms with E-state index in [4.69, 9.17) is 14.2 Å². The number of fused-ring (bicyclic) bond motifs is 2. The van der Waals surface area contributed by atoms with Gasteiger partial charge in [0.2, 0.25) is 12.9 Å². The molecule has 0 saturated carbocycles. The van der Waals surface area contributed by atoms with Crippen molar-refractivity contribution in [1.82, 2.24) is 10.3 Å². The lowest BCUT2D eigenvalue weighted by Crippen LogP contribution is -2.31. The van der Waals surface area contributed by atoms with Gasteiger partial charge in [0.15, 0.2) is 11.5 Å². The second kappa shape index (κ2) is 8.47. The van der Waals surface area contributed by atoms with Gasteiger partial charge in [-0.25, -0.2) is 4.79 Å². The van der Waals surface area contributed by atoms with Gasteiger partial charge in [-0.05, 0) is 41.3 Å². The van der Waals surface area contributed by atoms with Crippen LogP contribution in [0.1, 0.15) is 27.6 Å². The molecule has 1 atom stereocenters. The number of benzene rings is 3. The van der Waals surface area contributed by atoms with Crippen LogP contribution < -0.4 is 14.8 Å². The molecule has 7 nitrogen and oxygen atoms in total. The summed E-state index contributed by atoms with van der Waals surface area (Å²) < 4.78 is 16.4. The van der Waals surface area contributed by atoms with Crippen molar-refractivity contribution < 1.29 is 23.8 Å². The largest absolute Gasteiger partial charge is 0.454 e. The first-order valence-electron chi connectivity index (χ1n) is 10.2. The minimum absolute atomic E-state index is 0.186. The van der Waals surface area contributed by atoms with Gasteiger partial charge in [0.1, 0.15) is 0 Å². The summed E-state index contributed by atoms with van der Waals surface area (Å²) in [6.07, 6.45) is 0.716. The molecule has 0 saturated heterocycles. The first kappa shape index (κ1) is 19.7. The maximum atomic E-state index is 13.0. The summed E-state index contributed by atoms with van der Waals surface area (Å²) >= 11 is 0. The van der Waals surface area contributed by atoms with Crippen molar-refractivity contribution in [2.75, 3.05) is 6.79 Å². The van der Waals surface area contributed by atoms with Crippen molar-refractivity contribution in [3.63, 3.8) is 0 Å². The Bertz CT molecular complexity index is 1280. The molecule has 2 heterocycles. The number of carbonyl (C=O) groups is 2. The third kappa shape index (κ3) is 4.00. The van der Waals surface area contributed by atoms with Gasteiger partial charge < -0.3 is 24.5 Å². The number of rotatable bonds is 6. The predicted octanol–water partition coefficient (Wildman–Crippen LogP) is 4.11. The monoisotopic (exact) mass is 428 g/mol. The quantitative estimate of drug-likeness (QED) is 0.451. The Morgan fingerprint density at radius 1 is 0.969 bits per heavy atom. The standard InChI is InChI=1S/C25H20N2O5/c28-24(27-14-16-6-9-21-22(12-16)31-15-30-21)23(18-4-2-1-3-5-18)32-25(29)19-8-7-17-10-11-26-20(17)13-19/h1-13,23,26H,14-15H2,(H,27,28). The topological polar surface area (TPSA) is 89.7 Å². The fourth-order valence-corrected chi connectivity index (χ4v) is 3.58. The minimum Gasteiger partial charge on any atom is -0.454 e. The lowest BCUT2D eigenvalue weighted by Gasteiger charge is -2.18. The van der Waals surface area contributed by atoms with Crippen LogP contribution in [0.15, 0.2) is 79.0 Å².